The zero-order valence-electron chi connectivity index (χ0n) is 16.7. The van der Waals surface area contributed by atoms with E-state index < -0.39 is 24.7 Å². The van der Waals surface area contributed by atoms with E-state index >= 15 is 0 Å². The Morgan fingerprint density at radius 2 is 2.03 bits per heavy atom. The lowest BCUT2D eigenvalue weighted by molar-refractivity contribution is -0.146. The van der Waals surface area contributed by atoms with Crippen LogP contribution < -0.4 is 0 Å². The van der Waals surface area contributed by atoms with E-state index in [0.717, 1.165) is 4.90 Å². The molecule has 29 heavy (non-hydrogen) atoms. The third-order valence-corrected chi connectivity index (χ3v) is 6.67. The van der Waals surface area contributed by atoms with Crippen LogP contribution in [0, 0.1) is 11.3 Å². The summed E-state index contributed by atoms with van der Waals surface area (Å²) >= 11 is 0. The van der Waals surface area contributed by atoms with Gasteiger partial charge in [-0.05, 0) is 11.1 Å². The lowest BCUT2D eigenvalue weighted by atomic mass is 10.2. The molecule has 0 spiro atoms. The van der Waals surface area contributed by atoms with Gasteiger partial charge in [0, 0.05) is 28.1 Å². The molecule has 0 N–H and O–H groups in total. The molecule has 156 valence electrons. The van der Waals surface area contributed by atoms with Crippen molar-refractivity contribution in [2.45, 2.75) is 38.2 Å². The van der Waals surface area contributed by atoms with Gasteiger partial charge in [-0.2, -0.15) is 5.26 Å². The Morgan fingerprint density at radius 3 is 2.66 bits per heavy atom. The highest BCUT2D eigenvalue weighted by molar-refractivity contribution is 8.77. The van der Waals surface area contributed by atoms with E-state index in [1.165, 1.54) is 17.8 Å². The fraction of sp³-hybridized carbons (Fsp3) is 0.500. The number of carbonyl (C=O) groups is 2. The summed E-state index contributed by atoms with van der Waals surface area (Å²) in [5.74, 6) is -0.407. The molecule has 0 aliphatic heterocycles. The number of amides is 1. The second-order valence-electron chi connectivity index (χ2n) is 6.75. The maximum Gasteiger partial charge on any atom is 0.410 e. The maximum absolute atomic E-state index is 12.5. The quantitative estimate of drug-likeness (QED) is 0.178. The molecule has 1 amide bonds. The van der Waals surface area contributed by atoms with Gasteiger partial charge < -0.3 is 9.47 Å². The zero-order valence-corrected chi connectivity index (χ0v) is 18.3. The molecule has 0 radical (unpaired) electrons. The number of ether oxygens (including phenoxy) is 2. The van der Waals surface area contributed by atoms with Crippen LogP contribution in [0.25, 0.3) is 10.4 Å². The molecule has 9 nitrogen and oxygen atoms in total. The summed E-state index contributed by atoms with van der Waals surface area (Å²) < 4.78 is 10.1. The predicted molar refractivity (Wildman–Crippen MR) is 113 cm³/mol. The van der Waals surface area contributed by atoms with Crippen LogP contribution in [0.3, 0.4) is 0 Å². The molecule has 0 heterocycles. The minimum atomic E-state index is -0.914. The minimum Gasteiger partial charge on any atom is -0.449 e. The smallest absolute Gasteiger partial charge is 0.410 e. The summed E-state index contributed by atoms with van der Waals surface area (Å²) in [5.41, 5.74) is 9.51. The van der Waals surface area contributed by atoms with Gasteiger partial charge in [-0.25, -0.2) is 9.59 Å². The molecule has 0 saturated heterocycles. The van der Waals surface area contributed by atoms with Crippen LogP contribution >= 0.6 is 21.6 Å². The van der Waals surface area contributed by atoms with Gasteiger partial charge in [-0.15, -0.1) is 0 Å². The lowest BCUT2D eigenvalue weighted by Gasteiger charge is -2.26. The second-order valence-corrected chi connectivity index (χ2v) is 9.91. The van der Waals surface area contributed by atoms with Crippen LogP contribution in [-0.2, 0) is 20.9 Å². The topological polar surface area (TPSA) is 128 Å². The molecule has 0 bridgehead atoms. The number of likely N-dealkylation sites (N-methyl/N-ethyl adjacent to an activating group) is 1. The van der Waals surface area contributed by atoms with Gasteiger partial charge >= 0.3 is 12.1 Å². The molecule has 1 atom stereocenters. The van der Waals surface area contributed by atoms with Gasteiger partial charge in [0.25, 0.3) is 0 Å². The number of rotatable bonds is 9. The highest BCUT2D eigenvalue weighted by Crippen LogP contribution is 2.36. The van der Waals surface area contributed by atoms with Crippen LogP contribution in [0.4, 0.5) is 10.5 Å². The van der Waals surface area contributed by atoms with Gasteiger partial charge in [0.1, 0.15) is 18.7 Å². The first-order valence-corrected chi connectivity index (χ1v) is 10.9. The molecule has 0 fully saturated rings. The molecular weight excluding hydrogens is 414 g/mol. The number of nitrogens with zero attached hydrogens (tertiary/aromatic N) is 5. The van der Waals surface area contributed by atoms with Gasteiger partial charge in [0.2, 0.25) is 0 Å². The summed E-state index contributed by atoms with van der Waals surface area (Å²) in [7, 11) is 4.43. The Balaban J connectivity index is 2.81. The van der Waals surface area contributed by atoms with Crippen LogP contribution in [0.5, 0.6) is 0 Å². The number of hydrogen-bond donors (Lipinski definition) is 0. The summed E-state index contributed by atoms with van der Waals surface area (Å²) in [6.07, 6.45) is -0.735. The van der Waals surface area contributed by atoms with E-state index in [9.17, 15) is 9.59 Å². The van der Waals surface area contributed by atoms with Crippen LogP contribution in [0.15, 0.2) is 29.4 Å². The molecule has 1 rings (SSSR count). The predicted octanol–water partition coefficient (Wildman–Crippen LogP) is 4.81. The van der Waals surface area contributed by atoms with Crippen molar-refractivity contribution in [2.24, 2.45) is 5.11 Å². The van der Waals surface area contributed by atoms with Crippen molar-refractivity contribution in [2.75, 3.05) is 19.4 Å². The lowest BCUT2D eigenvalue weighted by Crippen LogP contribution is -2.45. The van der Waals surface area contributed by atoms with Crippen molar-refractivity contribution >= 4 is 39.3 Å². The van der Waals surface area contributed by atoms with Gasteiger partial charge in [-0.3, -0.25) is 4.90 Å². The van der Waals surface area contributed by atoms with Crippen molar-refractivity contribution in [1.29, 1.82) is 5.26 Å². The van der Waals surface area contributed by atoms with Gasteiger partial charge in [0.15, 0.2) is 6.61 Å². The van der Waals surface area contributed by atoms with Crippen molar-refractivity contribution in [1.82, 2.24) is 4.90 Å². The largest absolute Gasteiger partial charge is 0.449 e. The number of nitriles is 1. The summed E-state index contributed by atoms with van der Waals surface area (Å²) in [6.45, 7) is 5.59. The molecule has 0 aliphatic carbocycles. The first-order valence-electron chi connectivity index (χ1n) is 8.56. The summed E-state index contributed by atoms with van der Waals surface area (Å²) in [5, 5.41) is 12.2. The molecule has 0 aliphatic rings. The average Bonchev–Trinajstić information content (AvgIpc) is 2.67. The third-order valence-electron chi connectivity index (χ3n) is 3.34. The molecule has 0 saturated carbocycles. The van der Waals surface area contributed by atoms with Crippen molar-refractivity contribution < 1.29 is 19.1 Å². The maximum atomic E-state index is 12.5. The van der Waals surface area contributed by atoms with Crippen LogP contribution in [-0.4, -0.2) is 47.2 Å². The minimum absolute atomic E-state index is 0.0319. The fourth-order valence-electron chi connectivity index (χ4n) is 1.96. The molecule has 0 aromatic heterocycles. The number of carbonyl (C=O) groups excluding carboxylic acids is 2. The van der Waals surface area contributed by atoms with E-state index in [2.05, 4.69) is 10.0 Å². The average molecular weight is 438 g/mol. The summed E-state index contributed by atoms with van der Waals surface area (Å²) in [4.78, 5) is 28.7. The van der Waals surface area contributed by atoms with Crippen LogP contribution in [0.2, 0.25) is 0 Å². The Kier molecular flexibility index (Phi) is 10.2. The molecular formula is C18H23N5O4S2. The standard InChI is InChI=1S/C18H23N5O4S2/c1-18(2,3)29-28-12-15(16(24)26-10-9-19)23(4)17(25)27-11-13-7-5-6-8-14(13)21-22-20/h5-8,15H,10-12H2,1-4H3/t15-/m0/s1. The van der Waals surface area contributed by atoms with E-state index in [4.69, 9.17) is 20.3 Å². The van der Waals surface area contributed by atoms with Crippen LogP contribution in [0.1, 0.15) is 26.3 Å². The zero-order chi connectivity index (χ0) is 21.9. The normalized spacial score (nSPS) is 11.6. The van der Waals surface area contributed by atoms with Crippen molar-refractivity contribution in [3.8, 4) is 6.07 Å². The molecule has 0 unspecified atom stereocenters. The van der Waals surface area contributed by atoms with Gasteiger partial charge in [-0.1, -0.05) is 71.7 Å². The number of azide groups is 1. The summed E-state index contributed by atoms with van der Waals surface area (Å²) in [6, 6.07) is 7.53. The Bertz CT molecular complexity index is 800. The molecule has 1 aromatic carbocycles. The molecule has 11 heteroatoms. The Morgan fingerprint density at radius 1 is 1.34 bits per heavy atom. The first-order chi connectivity index (χ1) is 13.7. The van der Waals surface area contributed by atoms with E-state index in [-0.39, 0.29) is 17.1 Å². The third kappa shape index (κ3) is 9.00. The second kappa shape index (κ2) is 12.1. The Labute approximate surface area is 177 Å². The highest BCUT2D eigenvalue weighted by atomic mass is 33.1. The van der Waals surface area contributed by atoms with Gasteiger partial charge in [0.05, 0.1) is 0 Å². The van der Waals surface area contributed by atoms with E-state index in [1.54, 1.807) is 41.1 Å². The SMILES string of the molecule is CN(C(=O)OCc1ccccc1N=[N+]=[N-])[C@@H](CSSC(C)(C)C)C(=O)OCC#N. The van der Waals surface area contributed by atoms with E-state index in [1.807, 2.05) is 20.8 Å². The fourth-order valence-corrected chi connectivity index (χ4v) is 4.52. The monoisotopic (exact) mass is 437 g/mol. The molecule has 1 aromatic rings. The number of benzene rings is 1. The number of hydrogen-bond acceptors (Lipinski definition) is 8. The number of esters is 1. The Hall–Kier alpha value is -2.54. The first kappa shape index (κ1) is 24.5. The van der Waals surface area contributed by atoms with Crippen molar-refractivity contribution in [3.05, 3.63) is 40.3 Å². The highest BCUT2D eigenvalue weighted by Gasteiger charge is 2.30. The van der Waals surface area contributed by atoms with Crippen molar-refractivity contribution in [3.63, 3.8) is 0 Å². The van der Waals surface area contributed by atoms with E-state index in [0.29, 0.717) is 11.3 Å².